The zero-order valence-electron chi connectivity index (χ0n) is 8.12. The highest BCUT2D eigenvalue weighted by Crippen LogP contribution is 2.34. The molecule has 0 N–H and O–H groups in total. The van der Waals surface area contributed by atoms with Crippen LogP contribution in [0, 0.1) is 11.3 Å². The highest BCUT2D eigenvalue weighted by Gasteiger charge is 2.08. The molecule has 0 atom stereocenters. The van der Waals surface area contributed by atoms with Gasteiger partial charge in [-0.05, 0) is 13.0 Å². The van der Waals surface area contributed by atoms with E-state index in [1.165, 1.54) is 4.70 Å². The van der Waals surface area contributed by atoms with Gasteiger partial charge in [-0.2, -0.15) is 5.26 Å². The fourth-order valence-corrected chi connectivity index (χ4v) is 2.61. The first-order valence-electron chi connectivity index (χ1n) is 4.47. The summed E-state index contributed by atoms with van der Waals surface area (Å²) >= 11 is 7.78. The lowest BCUT2D eigenvalue weighted by Crippen LogP contribution is -1.78. The van der Waals surface area contributed by atoms with Gasteiger partial charge in [0.05, 0.1) is 11.1 Å². The van der Waals surface area contributed by atoms with Crippen molar-refractivity contribution in [2.75, 3.05) is 0 Å². The Balaban J connectivity index is 2.69. The highest BCUT2D eigenvalue weighted by molar-refractivity contribution is 7.17. The van der Waals surface area contributed by atoms with Crippen molar-refractivity contribution in [3.05, 3.63) is 40.8 Å². The number of hydrogen-bond donors (Lipinski definition) is 0. The van der Waals surface area contributed by atoms with E-state index in [4.69, 9.17) is 16.9 Å². The van der Waals surface area contributed by atoms with E-state index >= 15 is 0 Å². The molecule has 0 aliphatic rings. The molecular weight excluding hydrogens is 226 g/mol. The summed E-state index contributed by atoms with van der Waals surface area (Å²) in [6.07, 6.45) is 0. The first-order valence-corrected chi connectivity index (χ1v) is 5.73. The largest absolute Gasteiger partial charge is 0.193 e. The molecule has 0 aliphatic heterocycles. The van der Waals surface area contributed by atoms with E-state index in [1.54, 1.807) is 18.3 Å². The summed E-state index contributed by atoms with van der Waals surface area (Å²) in [5.41, 5.74) is 1.51. The third-order valence-electron chi connectivity index (χ3n) is 2.21. The lowest BCUT2D eigenvalue weighted by atomic mass is 10.1. The van der Waals surface area contributed by atoms with E-state index in [9.17, 15) is 0 Å². The van der Waals surface area contributed by atoms with Gasteiger partial charge in [-0.25, -0.2) is 0 Å². The highest BCUT2D eigenvalue weighted by atomic mass is 35.5. The second-order valence-electron chi connectivity index (χ2n) is 3.20. The molecule has 3 heteroatoms. The fourth-order valence-electron chi connectivity index (χ4n) is 1.40. The number of nitriles is 1. The van der Waals surface area contributed by atoms with Gasteiger partial charge in [-0.1, -0.05) is 29.8 Å². The summed E-state index contributed by atoms with van der Waals surface area (Å²) in [4.78, 5) is 0. The Hall–Kier alpha value is -1.30. The van der Waals surface area contributed by atoms with Crippen molar-refractivity contribution in [1.29, 1.82) is 5.26 Å². The third-order valence-corrected chi connectivity index (χ3v) is 3.66. The molecule has 1 aromatic heterocycles. The van der Waals surface area contributed by atoms with Crippen molar-refractivity contribution in [2.45, 2.75) is 6.92 Å². The van der Waals surface area contributed by atoms with E-state index < -0.39 is 0 Å². The minimum absolute atomic E-state index is 0.551. The minimum Gasteiger partial charge on any atom is -0.193 e. The van der Waals surface area contributed by atoms with Gasteiger partial charge in [0.1, 0.15) is 0 Å². The number of halogens is 1. The predicted molar refractivity (Wildman–Crippen MR) is 65.9 cm³/mol. The number of thiophene rings is 1. The van der Waals surface area contributed by atoms with Crippen molar-refractivity contribution >= 4 is 38.1 Å². The molecule has 0 saturated heterocycles. The normalized spacial score (nSPS) is 12.3. The Bertz CT molecular complexity index is 575. The van der Waals surface area contributed by atoms with Crippen LogP contribution in [0.1, 0.15) is 12.5 Å². The van der Waals surface area contributed by atoms with E-state index in [0.717, 1.165) is 10.9 Å². The van der Waals surface area contributed by atoms with Gasteiger partial charge < -0.3 is 0 Å². The van der Waals surface area contributed by atoms with E-state index in [2.05, 4.69) is 12.1 Å². The first-order chi connectivity index (χ1) is 7.24. The molecular formula is C12H8ClNS. The fraction of sp³-hybridized carbons (Fsp3) is 0.0833. The van der Waals surface area contributed by atoms with Gasteiger partial charge in [-0.3, -0.25) is 0 Å². The molecule has 0 spiro atoms. The minimum atomic E-state index is 0.551. The second kappa shape index (κ2) is 4.06. The van der Waals surface area contributed by atoms with Crippen molar-refractivity contribution in [3.8, 4) is 6.07 Å². The Morgan fingerprint density at radius 3 is 2.87 bits per heavy atom. The van der Waals surface area contributed by atoms with Crippen LogP contribution in [-0.2, 0) is 0 Å². The Morgan fingerprint density at radius 1 is 1.40 bits per heavy atom. The smallest absolute Gasteiger partial charge is 0.0959 e. The number of rotatable bonds is 1. The van der Waals surface area contributed by atoms with Crippen LogP contribution in [0.5, 0.6) is 0 Å². The number of fused-ring (bicyclic) bond motifs is 1. The van der Waals surface area contributed by atoms with E-state index in [-0.39, 0.29) is 0 Å². The molecule has 0 radical (unpaired) electrons. The molecule has 1 aromatic carbocycles. The summed E-state index contributed by atoms with van der Waals surface area (Å²) < 4.78 is 1.19. The molecule has 15 heavy (non-hydrogen) atoms. The van der Waals surface area contributed by atoms with Crippen LogP contribution in [0.2, 0.25) is 0 Å². The SMILES string of the molecule is CC(C#N)=C(Cl)c1csc2ccccc12. The van der Waals surface area contributed by atoms with Gasteiger partial charge in [-0.15, -0.1) is 11.3 Å². The molecule has 0 unspecified atom stereocenters. The van der Waals surface area contributed by atoms with E-state index in [0.29, 0.717) is 10.6 Å². The van der Waals surface area contributed by atoms with Gasteiger partial charge in [0, 0.05) is 26.6 Å². The maximum Gasteiger partial charge on any atom is 0.0959 e. The Labute approximate surface area is 97.2 Å². The topological polar surface area (TPSA) is 23.8 Å². The molecule has 1 nitrogen and oxygen atoms in total. The molecule has 0 aliphatic carbocycles. The van der Waals surface area contributed by atoms with Crippen LogP contribution >= 0.6 is 22.9 Å². The van der Waals surface area contributed by atoms with E-state index in [1.807, 2.05) is 23.6 Å². The van der Waals surface area contributed by atoms with Gasteiger partial charge >= 0.3 is 0 Å². The molecule has 0 bridgehead atoms. The Kier molecular flexibility index (Phi) is 2.77. The molecule has 0 fully saturated rings. The van der Waals surface area contributed by atoms with Gasteiger partial charge in [0.15, 0.2) is 0 Å². The maximum atomic E-state index is 8.79. The van der Waals surface area contributed by atoms with Crippen LogP contribution in [0.3, 0.4) is 0 Å². The summed E-state index contributed by atoms with van der Waals surface area (Å²) in [6.45, 7) is 1.73. The molecule has 0 amide bonds. The summed E-state index contributed by atoms with van der Waals surface area (Å²) in [6, 6.07) is 10.1. The number of hydrogen-bond acceptors (Lipinski definition) is 2. The Morgan fingerprint density at radius 2 is 2.13 bits per heavy atom. The quantitative estimate of drug-likeness (QED) is 0.670. The average Bonchev–Trinajstić information content (AvgIpc) is 2.70. The van der Waals surface area contributed by atoms with Crippen molar-refractivity contribution in [2.24, 2.45) is 0 Å². The summed E-state index contributed by atoms with van der Waals surface area (Å²) in [7, 11) is 0. The molecule has 74 valence electrons. The maximum absolute atomic E-state index is 8.79. The van der Waals surface area contributed by atoms with Crippen LogP contribution < -0.4 is 0 Å². The third kappa shape index (κ3) is 1.77. The lowest BCUT2D eigenvalue weighted by Gasteiger charge is -1.97. The monoisotopic (exact) mass is 233 g/mol. The second-order valence-corrected chi connectivity index (χ2v) is 4.49. The lowest BCUT2D eigenvalue weighted by molar-refractivity contribution is 1.46. The first kappa shape index (κ1) is 10.2. The number of benzene rings is 1. The van der Waals surface area contributed by atoms with Gasteiger partial charge in [0.25, 0.3) is 0 Å². The average molecular weight is 234 g/mol. The number of nitrogens with zero attached hydrogens (tertiary/aromatic N) is 1. The van der Waals surface area contributed by atoms with Crippen LogP contribution in [0.25, 0.3) is 15.1 Å². The molecule has 2 aromatic rings. The predicted octanol–water partition coefficient (Wildman–Crippen LogP) is 4.39. The van der Waals surface area contributed by atoms with Crippen molar-refractivity contribution < 1.29 is 0 Å². The molecule has 0 saturated carbocycles. The zero-order chi connectivity index (χ0) is 10.8. The molecule has 1 heterocycles. The van der Waals surface area contributed by atoms with Crippen molar-refractivity contribution in [1.82, 2.24) is 0 Å². The van der Waals surface area contributed by atoms with Crippen LogP contribution in [0.15, 0.2) is 35.2 Å². The van der Waals surface area contributed by atoms with Gasteiger partial charge in [0.2, 0.25) is 0 Å². The number of allylic oxidation sites excluding steroid dienone is 1. The van der Waals surface area contributed by atoms with Crippen LogP contribution in [0.4, 0.5) is 0 Å². The zero-order valence-corrected chi connectivity index (χ0v) is 9.69. The van der Waals surface area contributed by atoms with Crippen molar-refractivity contribution in [3.63, 3.8) is 0 Å². The summed E-state index contributed by atoms with van der Waals surface area (Å²) in [5.74, 6) is 0. The standard InChI is InChI=1S/C12H8ClNS/c1-8(6-14)12(13)10-7-15-11-5-3-2-4-9(10)11/h2-5,7H,1H3. The summed E-state index contributed by atoms with van der Waals surface area (Å²) in [5, 5.41) is 12.4. The van der Waals surface area contributed by atoms with Crippen LogP contribution in [-0.4, -0.2) is 0 Å². The molecule has 2 rings (SSSR count).